The number of carbonyl (C=O) groups is 1. The van der Waals surface area contributed by atoms with E-state index in [1.807, 2.05) is 0 Å². The number of amides is 1. The quantitative estimate of drug-likeness (QED) is 0.351. The Morgan fingerprint density at radius 2 is 2.12 bits per heavy atom. The third-order valence-corrected chi connectivity index (χ3v) is 4.70. The van der Waals surface area contributed by atoms with Crippen molar-refractivity contribution in [3.63, 3.8) is 0 Å². The predicted octanol–water partition coefficient (Wildman–Crippen LogP) is 4.80. The molecule has 4 nitrogen and oxygen atoms in total. The van der Waals surface area contributed by atoms with Crippen molar-refractivity contribution in [2.75, 3.05) is 18.1 Å². The molecule has 0 bridgehead atoms. The Balaban J connectivity index is 3.02. The van der Waals surface area contributed by atoms with E-state index in [4.69, 9.17) is 28.6 Å². The number of anilines is 1. The average Bonchev–Trinajstić information content (AvgIpc) is 2.51. The first-order valence-corrected chi connectivity index (χ1v) is 9.16. The first-order chi connectivity index (χ1) is 12.0. The lowest BCUT2D eigenvalue weighted by Crippen LogP contribution is -2.39. The molecule has 1 heterocycles. The summed E-state index contributed by atoms with van der Waals surface area (Å²) in [6, 6.07) is 4.51. The summed E-state index contributed by atoms with van der Waals surface area (Å²) >= 11 is 11.5. The fraction of sp³-hybridized carbons (Fsp3) is 0.533. The monoisotopic (exact) mass is 432 g/mol. The Morgan fingerprint density at radius 1 is 1.46 bits per heavy atom. The highest BCUT2D eigenvalue weighted by atomic mass is 35.5. The largest absolute Gasteiger partial charge is 0.479 e. The molecule has 0 saturated heterocycles. The molecule has 0 aromatic carbocycles. The van der Waals surface area contributed by atoms with Crippen molar-refractivity contribution in [1.29, 1.82) is 0 Å². The van der Waals surface area contributed by atoms with Gasteiger partial charge in [-0.15, -0.1) is 0 Å². The van der Waals surface area contributed by atoms with Crippen LogP contribution in [0.3, 0.4) is 0 Å². The van der Waals surface area contributed by atoms with E-state index in [-0.39, 0.29) is 28.5 Å². The lowest BCUT2D eigenvalue weighted by Gasteiger charge is -2.27. The second-order valence-electron chi connectivity index (χ2n) is 5.12. The van der Waals surface area contributed by atoms with Gasteiger partial charge >= 0.3 is 6.18 Å². The second-order valence-corrected chi connectivity index (χ2v) is 7.41. The lowest BCUT2D eigenvalue weighted by atomic mass is 10.2. The zero-order chi connectivity index (χ0) is 19.9. The van der Waals surface area contributed by atoms with Gasteiger partial charge in [0.05, 0.1) is 6.61 Å². The van der Waals surface area contributed by atoms with E-state index in [0.29, 0.717) is 0 Å². The van der Waals surface area contributed by atoms with E-state index in [2.05, 4.69) is 4.98 Å². The molecule has 0 N–H and O–H groups in total. The van der Waals surface area contributed by atoms with Crippen molar-refractivity contribution in [2.24, 2.45) is 0 Å². The molecule has 1 amide bonds. The smallest absolute Gasteiger partial charge is 0.419 e. The highest BCUT2D eigenvalue weighted by molar-refractivity contribution is 8.23. The van der Waals surface area contributed by atoms with E-state index in [9.17, 15) is 22.4 Å². The van der Waals surface area contributed by atoms with Crippen LogP contribution in [0, 0.1) is 0 Å². The van der Waals surface area contributed by atoms with Crippen molar-refractivity contribution >= 4 is 51.7 Å². The number of aromatic nitrogens is 1. The lowest BCUT2D eigenvalue weighted by molar-refractivity contribution is -0.181. The molecule has 0 fully saturated rings. The number of pyridine rings is 1. The maximum absolute atomic E-state index is 13.6. The van der Waals surface area contributed by atoms with Crippen LogP contribution in [0.5, 0.6) is 0 Å². The summed E-state index contributed by atoms with van der Waals surface area (Å²) in [6.45, 7) is 2.87. The Morgan fingerprint density at radius 3 is 2.62 bits per heavy atom. The topological polar surface area (TPSA) is 42.4 Å². The number of halogens is 5. The number of rotatable bonds is 7. The SMILES string of the molecule is CCOC(=S)SC(CC(F)C(F)(F)F)CN(C(C)=O)c1cccc(Cl)n1. The number of ether oxygens (including phenoxy) is 1. The summed E-state index contributed by atoms with van der Waals surface area (Å²) < 4.78 is 56.4. The number of nitrogens with zero attached hydrogens (tertiary/aromatic N) is 2. The van der Waals surface area contributed by atoms with Gasteiger partial charge in [0.1, 0.15) is 11.0 Å². The normalized spacial score (nSPS) is 13.8. The second kappa shape index (κ2) is 10.3. The molecular formula is C15H17ClF4N2O2S2. The first kappa shape index (κ1) is 22.9. The molecule has 2 unspecified atom stereocenters. The summed E-state index contributed by atoms with van der Waals surface area (Å²) in [5, 5.41) is -0.878. The summed E-state index contributed by atoms with van der Waals surface area (Å²) in [5.74, 6) is -0.324. The molecule has 0 aliphatic heterocycles. The van der Waals surface area contributed by atoms with Gasteiger partial charge < -0.3 is 4.74 Å². The number of thiocarbonyl (C=S) groups is 1. The van der Waals surface area contributed by atoms with Gasteiger partial charge in [-0.25, -0.2) is 9.37 Å². The molecule has 0 aliphatic rings. The molecule has 2 atom stereocenters. The number of hydrogen-bond donors (Lipinski definition) is 0. The van der Waals surface area contributed by atoms with Crippen LogP contribution >= 0.6 is 35.6 Å². The molecule has 0 aliphatic carbocycles. The summed E-state index contributed by atoms with van der Waals surface area (Å²) in [5.41, 5.74) is 0. The molecule has 146 valence electrons. The maximum atomic E-state index is 13.6. The van der Waals surface area contributed by atoms with Gasteiger partial charge in [-0.1, -0.05) is 29.4 Å². The van der Waals surface area contributed by atoms with E-state index in [1.54, 1.807) is 13.0 Å². The number of carbonyl (C=O) groups excluding carboxylic acids is 1. The predicted molar refractivity (Wildman–Crippen MR) is 98.4 cm³/mol. The molecule has 1 aromatic rings. The highest BCUT2D eigenvalue weighted by Crippen LogP contribution is 2.31. The maximum Gasteiger partial charge on any atom is 0.419 e. The van der Waals surface area contributed by atoms with Crippen LogP contribution in [0.1, 0.15) is 20.3 Å². The molecule has 0 spiro atoms. The van der Waals surface area contributed by atoms with Gasteiger partial charge in [0.15, 0.2) is 6.17 Å². The fourth-order valence-corrected chi connectivity index (χ4v) is 3.58. The highest BCUT2D eigenvalue weighted by Gasteiger charge is 2.42. The van der Waals surface area contributed by atoms with E-state index in [1.165, 1.54) is 19.1 Å². The summed E-state index contributed by atoms with van der Waals surface area (Å²) in [4.78, 5) is 17.0. The minimum Gasteiger partial charge on any atom is -0.479 e. The summed E-state index contributed by atoms with van der Waals surface area (Å²) in [7, 11) is 0. The fourth-order valence-electron chi connectivity index (χ4n) is 1.95. The van der Waals surface area contributed by atoms with E-state index < -0.39 is 29.9 Å². The molecule has 1 rings (SSSR count). The number of alkyl halides is 4. The molecule has 0 radical (unpaired) electrons. The van der Waals surface area contributed by atoms with Gasteiger partial charge in [0.25, 0.3) is 0 Å². The van der Waals surface area contributed by atoms with Crippen LogP contribution < -0.4 is 4.90 Å². The number of thioether (sulfide) groups is 1. The molecular weight excluding hydrogens is 416 g/mol. The minimum atomic E-state index is -5.00. The van der Waals surface area contributed by atoms with E-state index in [0.717, 1.165) is 16.7 Å². The third-order valence-electron chi connectivity index (χ3n) is 3.09. The Bertz CT molecular complexity index is 634. The van der Waals surface area contributed by atoms with Crippen LogP contribution in [-0.2, 0) is 9.53 Å². The Hall–Kier alpha value is -1.13. The third kappa shape index (κ3) is 7.63. The first-order valence-electron chi connectivity index (χ1n) is 7.49. The van der Waals surface area contributed by atoms with Crippen molar-refractivity contribution in [1.82, 2.24) is 4.98 Å². The van der Waals surface area contributed by atoms with Gasteiger partial charge in [0.2, 0.25) is 10.3 Å². The van der Waals surface area contributed by atoms with Gasteiger partial charge in [-0.3, -0.25) is 9.69 Å². The van der Waals surface area contributed by atoms with Crippen LogP contribution in [0.2, 0.25) is 5.15 Å². The standard InChI is InChI=1S/C15H17ClF4N2O2S2/c1-3-24-14(25)26-10(7-11(17)15(18,19)20)8-22(9(2)23)13-6-4-5-12(16)21-13/h4-6,10-11H,3,7-8H2,1-2H3. The van der Waals surface area contributed by atoms with Crippen molar-refractivity contribution in [3.05, 3.63) is 23.4 Å². The molecule has 0 saturated carbocycles. The van der Waals surface area contributed by atoms with Crippen LogP contribution in [0.25, 0.3) is 0 Å². The summed E-state index contributed by atoms with van der Waals surface area (Å²) in [6.07, 6.45) is -8.93. The Labute approximate surface area is 163 Å². The van der Waals surface area contributed by atoms with Crippen molar-refractivity contribution in [2.45, 2.75) is 37.9 Å². The van der Waals surface area contributed by atoms with Gasteiger partial charge in [0, 0.05) is 25.1 Å². The minimum absolute atomic E-state index is 0.0190. The van der Waals surface area contributed by atoms with Gasteiger partial charge in [-0.2, -0.15) is 13.2 Å². The zero-order valence-electron chi connectivity index (χ0n) is 13.9. The van der Waals surface area contributed by atoms with Crippen LogP contribution in [-0.4, -0.2) is 46.0 Å². The van der Waals surface area contributed by atoms with Crippen LogP contribution in [0.15, 0.2) is 18.2 Å². The molecule has 26 heavy (non-hydrogen) atoms. The Kier molecular flexibility index (Phi) is 9.05. The van der Waals surface area contributed by atoms with Crippen molar-refractivity contribution < 1.29 is 27.1 Å². The zero-order valence-corrected chi connectivity index (χ0v) is 16.3. The molecule has 1 aromatic heterocycles. The van der Waals surface area contributed by atoms with E-state index >= 15 is 0 Å². The average molecular weight is 433 g/mol. The number of hydrogen-bond acceptors (Lipinski definition) is 5. The van der Waals surface area contributed by atoms with Gasteiger partial charge in [-0.05, 0) is 31.3 Å². The van der Waals surface area contributed by atoms with Crippen molar-refractivity contribution in [3.8, 4) is 0 Å². The molecule has 11 heteroatoms. The van der Waals surface area contributed by atoms with Crippen LogP contribution in [0.4, 0.5) is 23.4 Å².